The summed E-state index contributed by atoms with van der Waals surface area (Å²) in [7, 11) is 0. The van der Waals surface area contributed by atoms with Gasteiger partial charge in [-0.2, -0.15) is 0 Å². The molecule has 0 bridgehead atoms. The number of aromatic nitrogens is 1. The van der Waals surface area contributed by atoms with Crippen LogP contribution in [-0.4, -0.2) is 24.6 Å². The van der Waals surface area contributed by atoms with Crippen molar-refractivity contribution >= 4 is 16.5 Å². The van der Waals surface area contributed by atoms with Crippen LogP contribution in [0.3, 0.4) is 0 Å². The predicted molar refractivity (Wildman–Crippen MR) is 86.7 cm³/mol. The van der Waals surface area contributed by atoms with Crippen LogP contribution in [0.1, 0.15) is 62.6 Å². The molecule has 1 aliphatic heterocycles. The first kappa shape index (κ1) is 14.3. The van der Waals surface area contributed by atoms with Crippen molar-refractivity contribution in [2.75, 3.05) is 24.5 Å². The van der Waals surface area contributed by atoms with Gasteiger partial charge in [-0.05, 0) is 44.6 Å². The molecule has 1 N–H and O–H groups in total. The molecule has 1 aromatic rings. The van der Waals surface area contributed by atoms with Gasteiger partial charge in [0.15, 0.2) is 5.13 Å². The third kappa shape index (κ3) is 2.86. The molecule has 20 heavy (non-hydrogen) atoms. The quantitative estimate of drug-likeness (QED) is 0.916. The fraction of sp³-hybridized carbons (Fsp3) is 0.812. The van der Waals surface area contributed by atoms with E-state index in [1.165, 1.54) is 67.3 Å². The highest BCUT2D eigenvalue weighted by Crippen LogP contribution is 2.38. The van der Waals surface area contributed by atoms with E-state index in [4.69, 9.17) is 4.98 Å². The Balaban J connectivity index is 1.78. The van der Waals surface area contributed by atoms with Gasteiger partial charge in [0.1, 0.15) is 0 Å². The van der Waals surface area contributed by atoms with Gasteiger partial charge < -0.3 is 10.2 Å². The zero-order valence-electron chi connectivity index (χ0n) is 12.8. The number of nitrogens with zero attached hydrogens (tertiary/aromatic N) is 2. The molecule has 0 amide bonds. The molecular formula is C16H27N3S. The normalized spacial score (nSPS) is 26.6. The van der Waals surface area contributed by atoms with Crippen molar-refractivity contribution in [2.45, 2.75) is 58.4 Å². The summed E-state index contributed by atoms with van der Waals surface area (Å²) < 4.78 is 0. The van der Waals surface area contributed by atoms with E-state index in [-0.39, 0.29) is 0 Å². The minimum absolute atomic E-state index is 0.500. The molecular weight excluding hydrogens is 266 g/mol. The Hall–Kier alpha value is -0.610. The minimum Gasteiger partial charge on any atom is -0.348 e. The lowest BCUT2D eigenvalue weighted by atomic mass is 9.96. The van der Waals surface area contributed by atoms with E-state index in [0.29, 0.717) is 6.04 Å². The van der Waals surface area contributed by atoms with Gasteiger partial charge in [-0.15, -0.1) is 11.3 Å². The number of thiazole rings is 1. The van der Waals surface area contributed by atoms with Crippen molar-refractivity contribution in [1.82, 2.24) is 10.3 Å². The second kappa shape index (κ2) is 6.44. The van der Waals surface area contributed by atoms with E-state index in [9.17, 15) is 0 Å². The lowest BCUT2D eigenvalue weighted by Crippen LogP contribution is -2.35. The van der Waals surface area contributed by atoms with Gasteiger partial charge in [0, 0.05) is 18.0 Å². The third-order valence-corrected chi connectivity index (χ3v) is 5.95. The maximum atomic E-state index is 5.03. The second-order valence-corrected chi connectivity index (χ2v) is 7.23. The molecule has 3 nitrogen and oxygen atoms in total. The molecule has 2 heterocycles. The molecule has 1 aliphatic carbocycles. The summed E-state index contributed by atoms with van der Waals surface area (Å²) in [6.07, 6.45) is 7.84. The van der Waals surface area contributed by atoms with Gasteiger partial charge in [0.25, 0.3) is 0 Å². The Morgan fingerprint density at radius 1 is 1.30 bits per heavy atom. The van der Waals surface area contributed by atoms with Gasteiger partial charge >= 0.3 is 0 Å². The first-order valence-electron chi connectivity index (χ1n) is 8.29. The molecule has 0 aromatic carbocycles. The number of hydrogen-bond donors (Lipinski definition) is 1. The van der Waals surface area contributed by atoms with Crippen molar-refractivity contribution in [1.29, 1.82) is 0 Å². The Labute approximate surface area is 126 Å². The minimum atomic E-state index is 0.500. The molecule has 112 valence electrons. The smallest absolute Gasteiger partial charge is 0.185 e. The van der Waals surface area contributed by atoms with Crippen LogP contribution in [-0.2, 0) is 6.42 Å². The standard InChI is InChI=1S/C16H27N3S/c1-3-12-7-6-10-19(11-12)16-18-15-13(17-4-2)8-5-9-14(15)20-16/h12-13,17H,3-11H2,1-2H3. The SMILES string of the molecule is CCNC1CCCc2sc(N3CCCC(CC)C3)nc21. The molecule has 0 radical (unpaired) electrons. The average Bonchev–Trinajstić information content (AvgIpc) is 2.93. The molecule has 2 aliphatic rings. The molecule has 3 rings (SSSR count). The van der Waals surface area contributed by atoms with Crippen LogP contribution in [0.15, 0.2) is 0 Å². The number of rotatable bonds is 4. The monoisotopic (exact) mass is 293 g/mol. The largest absolute Gasteiger partial charge is 0.348 e. The highest BCUT2D eigenvalue weighted by molar-refractivity contribution is 7.15. The molecule has 2 atom stereocenters. The Kier molecular flexibility index (Phi) is 4.61. The third-order valence-electron chi connectivity index (χ3n) is 4.76. The highest BCUT2D eigenvalue weighted by atomic mass is 32.1. The van der Waals surface area contributed by atoms with Crippen LogP contribution in [0, 0.1) is 5.92 Å². The molecule has 0 saturated carbocycles. The molecule has 0 spiro atoms. The molecule has 1 aromatic heterocycles. The van der Waals surface area contributed by atoms with Gasteiger partial charge in [0.2, 0.25) is 0 Å². The number of hydrogen-bond acceptors (Lipinski definition) is 4. The lowest BCUT2D eigenvalue weighted by molar-refractivity contribution is 0.403. The lowest BCUT2D eigenvalue weighted by Gasteiger charge is -2.32. The van der Waals surface area contributed by atoms with E-state index in [2.05, 4.69) is 24.1 Å². The number of piperidine rings is 1. The first-order chi connectivity index (χ1) is 9.81. The Morgan fingerprint density at radius 3 is 3.00 bits per heavy atom. The van der Waals surface area contributed by atoms with Crippen LogP contribution in [0.5, 0.6) is 0 Å². The Bertz CT molecular complexity index is 443. The van der Waals surface area contributed by atoms with Crippen LogP contribution in [0.2, 0.25) is 0 Å². The zero-order valence-corrected chi connectivity index (χ0v) is 13.6. The number of nitrogens with one attached hydrogen (secondary N) is 1. The molecule has 1 fully saturated rings. The first-order valence-corrected chi connectivity index (χ1v) is 9.11. The topological polar surface area (TPSA) is 28.2 Å². The summed E-state index contributed by atoms with van der Waals surface area (Å²) >= 11 is 1.96. The maximum absolute atomic E-state index is 5.03. The Morgan fingerprint density at radius 2 is 2.20 bits per heavy atom. The maximum Gasteiger partial charge on any atom is 0.185 e. The number of anilines is 1. The van der Waals surface area contributed by atoms with Crippen LogP contribution in [0.25, 0.3) is 0 Å². The summed E-state index contributed by atoms with van der Waals surface area (Å²) in [4.78, 5) is 9.11. The summed E-state index contributed by atoms with van der Waals surface area (Å²) in [6.45, 7) is 7.97. The van der Waals surface area contributed by atoms with E-state index in [1.54, 1.807) is 0 Å². The fourth-order valence-electron chi connectivity index (χ4n) is 3.56. The van der Waals surface area contributed by atoms with E-state index in [1.807, 2.05) is 11.3 Å². The summed E-state index contributed by atoms with van der Waals surface area (Å²) in [6, 6.07) is 0.500. The van der Waals surface area contributed by atoms with Crippen LogP contribution in [0.4, 0.5) is 5.13 Å². The predicted octanol–water partition coefficient (Wildman–Crippen LogP) is 3.76. The summed E-state index contributed by atoms with van der Waals surface area (Å²) in [5.41, 5.74) is 1.36. The van der Waals surface area contributed by atoms with Crippen LogP contribution < -0.4 is 10.2 Å². The van der Waals surface area contributed by atoms with Gasteiger partial charge in [0.05, 0.1) is 11.7 Å². The molecule has 1 saturated heterocycles. The van der Waals surface area contributed by atoms with Crippen molar-refractivity contribution in [2.24, 2.45) is 5.92 Å². The summed E-state index contributed by atoms with van der Waals surface area (Å²) in [5.74, 6) is 0.870. The van der Waals surface area contributed by atoms with Gasteiger partial charge in [-0.3, -0.25) is 0 Å². The average molecular weight is 293 g/mol. The highest BCUT2D eigenvalue weighted by Gasteiger charge is 2.27. The molecule has 2 unspecified atom stereocenters. The zero-order chi connectivity index (χ0) is 13.9. The summed E-state index contributed by atoms with van der Waals surface area (Å²) in [5, 5.41) is 4.89. The van der Waals surface area contributed by atoms with E-state index >= 15 is 0 Å². The van der Waals surface area contributed by atoms with Gasteiger partial charge in [-0.25, -0.2) is 4.98 Å². The van der Waals surface area contributed by atoms with Crippen LogP contribution >= 0.6 is 11.3 Å². The van der Waals surface area contributed by atoms with Crippen molar-refractivity contribution in [3.05, 3.63) is 10.6 Å². The van der Waals surface area contributed by atoms with Crippen molar-refractivity contribution in [3.63, 3.8) is 0 Å². The van der Waals surface area contributed by atoms with E-state index in [0.717, 1.165) is 12.5 Å². The second-order valence-electron chi connectivity index (χ2n) is 6.17. The number of aryl methyl sites for hydroxylation is 1. The van der Waals surface area contributed by atoms with E-state index < -0.39 is 0 Å². The molecule has 4 heteroatoms. The fourth-order valence-corrected chi connectivity index (χ4v) is 4.76. The number of fused-ring (bicyclic) bond motifs is 1. The van der Waals surface area contributed by atoms with Gasteiger partial charge in [-0.1, -0.05) is 20.3 Å². The van der Waals surface area contributed by atoms with Crippen molar-refractivity contribution in [3.8, 4) is 0 Å². The van der Waals surface area contributed by atoms with Crippen molar-refractivity contribution < 1.29 is 0 Å².